The molecule has 0 aliphatic carbocycles. The van der Waals surface area contributed by atoms with Crippen molar-refractivity contribution >= 4 is 20.2 Å². The molecule has 0 rings (SSSR count). The lowest BCUT2D eigenvalue weighted by molar-refractivity contribution is 0.168. The van der Waals surface area contributed by atoms with Crippen molar-refractivity contribution in [2.45, 2.75) is 34.1 Å². The molecular weight excluding hydrogens is 280 g/mol. The van der Waals surface area contributed by atoms with Gasteiger partial charge in [-0.2, -0.15) is 16.8 Å². The Hall–Kier alpha value is -0.180. The molecule has 18 heavy (non-hydrogen) atoms. The molecular formula is C10H22O6S2. The Morgan fingerprint density at radius 2 is 1.39 bits per heavy atom. The van der Waals surface area contributed by atoms with E-state index in [1.54, 1.807) is 6.92 Å². The second-order valence-corrected chi connectivity index (χ2v) is 8.42. The molecule has 0 fully saturated rings. The fourth-order valence-corrected chi connectivity index (χ4v) is 4.23. The molecule has 2 unspecified atom stereocenters. The van der Waals surface area contributed by atoms with Crippen molar-refractivity contribution in [3.63, 3.8) is 0 Å². The summed E-state index contributed by atoms with van der Waals surface area (Å²) in [5.41, 5.74) is -0.458. The largest absolute Gasteiger partial charge is 0.286 e. The molecule has 0 heterocycles. The highest BCUT2D eigenvalue weighted by molar-refractivity contribution is 7.86. The van der Waals surface area contributed by atoms with Crippen LogP contribution in [0.2, 0.25) is 0 Å². The van der Waals surface area contributed by atoms with E-state index in [0.717, 1.165) is 0 Å². The number of hydrogen-bond donors (Lipinski definition) is 2. The summed E-state index contributed by atoms with van der Waals surface area (Å²) in [4.78, 5) is 0. The van der Waals surface area contributed by atoms with Crippen molar-refractivity contribution in [3.8, 4) is 0 Å². The predicted molar refractivity (Wildman–Crippen MR) is 69.6 cm³/mol. The highest BCUT2D eigenvalue weighted by Crippen LogP contribution is 2.37. The normalized spacial score (nSPS) is 17.4. The molecule has 2 N–H and O–H groups in total. The molecule has 0 aromatic heterocycles. The monoisotopic (exact) mass is 302 g/mol. The molecule has 2 atom stereocenters. The van der Waals surface area contributed by atoms with E-state index < -0.39 is 49.0 Å². The maximum absolute atomic E-state index is 11.0. The van der Waals surface area contributed by atoms with E-state index >= 15 is 0 Å². The smallest absolute Gasteiger partial charge is 0.265 e. The third kappa shape index (κ3) is 6.67. The van der Waals surface area contributed by atoms with Crippen molar-refractivity contribution in [3.05, 3.63) is 0 Å². The van der Waals surface area contributed by atoms with Gasteiger partial charge < -0.3 is 0 Å². The molecule has 0 saturated carbocycles. The Bertz CT molecular complexity index is 463. The minimum atomic E-state index is -4.19. The van der Waals surface area contributed by atoms with Gasteiger partial charge in [-0.1, -0.05) is 34.1 Å². The van der Waals surface area contributed by atoms with Gasteiger partial charge in [-0.15, -0.1) is 0 Å². The standard InChI is InChI=1S/C10H22O6S2/c1-5-10(3,4)9(7-18(14,15)16)8(2)6-17(11,12)13/h8-9H,5-7H2,1-4H3,(H,11,12,13)(H,14,15,16). The Balaban J connectivity index is 5.23. The minimum absolute atomic E-state index is 0.458. The van der Waals surface area contributed by atoms with Gasteiger partial charge in [0, 0.05) is 0 Å². The highest BCUT2D eigenvalue weighted by atomic mass is 32.2. The maximum Gasteiger partial charge on any atom is 0.265 e. The van der Waals surface area contributed by atoms with Gasteiger partial charge in [0.25, 0.3) is 20.2 Å². The van der Waals surface area contributed by atoms with Crippen molar-refractivity contribution < 1.29 is 25.9 Å². The molecule has 0 aromatic rings. The van der Waals surface area contributed by atoms with Crippen LogP contribution >= 0.6 is 0 Å². The summed E-state index contributed by atoms with van der Waals surface area (Å²) >= 11 is 0. The molecule has 8 heteroatoms. The molecule has 0 amide bonds. The summed E-state index contributed by atoms with van der Waals surface area (Å²) in [7, 11) is -8.36. The summed E-state index contributed by atoms with van der Waals surface area (Å²) in [5, 5.41) is 0. The summed E-state index contributed by atoms with van der Waals surface area (Å²) in [6.45, 7) is 7.03. The molecule has 0 aliphatic rings. The quantitative estimate of drug-likeness (QED) is 0.689. The lowest BCUT2D eigenvalue weighted by atomic mass is 9.72. The molecule has 0 spiro atoms. The van der Waals surface area contributed by atoms with E-state index in [0.29, 0.717) is 6.42 Å². The van der Waals surface area contributed by atoms with E-state index in [9.17, 15) is 16.8 Å². The van der Waals surface area contributed by atoms with Crippen LogP contribution in [-0.4, -0.2) is 37.4 Å². The Labute approximate surface area is 109 Å². The van der Waals surface area contributed by atoms with Crippen LogP contribution in [0, 0.1) is 17.3 Å². The zero-order valence-corrected chi connectivity index (χ0v) is 12.8. The van der Waals surface area contributed by atoms with E-state index in [4.69, 9.17) is 9.11 Å². The SMILES string of the molecule is CCC(C)(C)C(CS(=O)(=O)O)C(C)CS(=O)(=O)O. The molecule has 0 aromatic carbocycles. The topological polar surface area (TPSA) is 109 Å². The second-order valence-electron chi connectivity index (χ2n) is 5.42. The van der Waals surface area contributed by atoms with Crippen molar-refractivity contribution in [2.75, 3.05) is 11.5 Å². The summed E-state index contributed by atoms with van der Waals surface area (Å²) in [5.74, 6) is -2.16. The minimum Gasteiger partial charge on any atom is -0.286 e. The van der Waals surface area contributed by atoms with Gasteiger partial charge >= 0.3 is 0 Å². The molecule has 0 bridgehead atoms. The van der Waals surface area contributed by atoms with E-state index in [-0.39, 0.29) is 0 Å². The lowest BCUT2D eigenvalue weighted by Crippen LogP contribution is -2.37. The van der Waals surface area contributed by atoms with Gasteiger partial charge in [-0.3, -0.25) is 9.11 Å². The van der Waals surface area contributed by atoms with Crippen LogP contribution in [0.4, 0.5) is 0 Å². The summed E-state index contributed by atoms with van der Waals surface area (Å²) in [6.07, 6.45) is 0.628. The first-order valence-electron chi connectivity index (χ1n) is 5.69. The van der Waals surface area contributed by atoms with Crippen LogP contribution in [0.5, 0.6) is 0 Å². The second kappa shape index (κ2) is 5.85. The highest BCUT2D eigenvalue weighted by Gasteiger charge is 2.36. The average Bonchev–Trinajstić information content (AvgIpc) is 2.09. The Morgan fingerprint density at radius 3 is 1.67 bits per heavy atom. The zero-order chi connectivity index (χ0) is 14.8. The summed E-state index contributed by atoms with van der Waals surface area (Å²) < 4.78 is 61.6. The number of rotatable bonds is 7. The Morgan fingerprint density at radius 1 is 1.00 bits per heavy atom. The maximum atomic E-state index is 11.0. The van der Waals surface area contributed by atoms with Gasteiger partial charge in [0.1, 0.15) is 0 Å². The predicted octanol–water partition coefficient (Wildman–Crippen LogP) is 1.45. The molecule has 6 nitrogen and oxygen atoms in total. The van der Waals surface area contributed by atoms with Gasteiger partial charge in [0.15, 0.2) is 0 Å². The van der Waals surface area contributed by atoms with Gasteiger partial charge in [0.2, 0.25) is 0 Å². The molecule has 110 valence electrons. The molecule has 0 aliphatic heterocycles. The first kappa shape index (κ1) is 17.8. The van der Waals surface area contributed by atoms with Crippen LogP contribution in [0.15, 0.2) is 0 Å². The van der Waals surface area contributed by atoms with Crippen LogP contribution in [0.1, 0.15) is 34.1 Å². The molecule has 0 radical (unpaired) electrons. The first-order chi connectivity index (χ1) is 7.78. The van der Waals surface area contributed by atoms with Gasteiger partial charge in [-0.25, -0.2) is 0 Å². The third-order valence-electron chi connectivity index (χ3n) is 3.47. The zero-order valence-electron chi connectivity index (χ0n) is 11.1. The van der Waals surface area contributed by atoms with Crippen molar-refractivity contribution in [2.24, 2.45) is 17.3 Å². The van der Waals surface area contributed by atoms with Crippen LogP contribution in [0.25, 0.3) is 0 Å². The van der Waals surface area contributed by atoms with Gasteiger partial charge in [0.05, 0.1) is 11.5 Å². The van der Waals surface area contributed by atoms with E-state index in [1.165, 1.54) is 0 Å². The van der Waals surface area contributed by atoms with Crippen LogP contribution in [-0.2, 0) is 20.2 Å². The molecule has 0 saturated heterocycles. The van der Waals surface area contributed by atoms with Gasteiger partial charge in [-0.05, 0) is 17.3 Å². The number of hydrogen-bond acceptors (Lipinski definition) is 4. The lowest BCUT2D eigenvalue weighted by Gasteiger charge is -2.36. The summed E-state index contributed by atoms with van der Waals surface area (Å²) in [6, 6.07) is 0. The van der Waals surface area contributed by atoms with Crippen molar-refractivity contribution in [1.29, 1.82) is 0 Å². The van der Waals surface area contributed by atoms with Crippen molar-refractivity contribution in [1.82, 2.24) is 0 Å². The van der Waals surface area contributed by atoms with E-state index in [2.05, 4.69) is 0 Å². The van der Waals surface area contributed by atoms with Crippen LogP contribution in [0.3, 0.4) is 0 Å². The average molecular weight is 302 g/mol. The fraction of sp³-hybridized carbons (Fsp3) is 1.00. The third-order valence-corrected chi connectivity index (χ3v) is 5.19. The first-order valence-corrected chi connectivity index (χ1v) is 8.90. The van der Waals surface area contributed by atoms with Crippen LogP contribution < -0.4 is 0 Å². The van der Waals surface area contributed by atoms with E-state index in [1.807, 2.05) is 20.8 Å². The fourth-order valence-electron chi connectivity index (χ4n) is 2.10. The Kier molecular flexibility index (Phi) is 5.79.